The van der Waals surface area contributed by atoms with E-state index in [-0.39, 0.29) is 11.9 Å². The first-order valence-electron chi connectivity index (χ1n) is 10.9. The minimum Gasteiger partial charge on any atom is -0.315 e. The first-order valence-corrected chi connectivity index (χ1v) is 11.8. The number of hydrogen-bond acceptors (Lipinski definition) is 7. The first-order chi connectivity index (χ1) is 15.7. The maximum atomic E-state index is 13.8. The molecule has 9 heteroatoms. The van der Waals surface area contributed by atoms with E-state index in [0.717, 1.165) is 65.2 Å². The van der Waals surface area contributed by atoms with Crippen molar-refractivity contribution in [1.82, 2.24) is 30.3 Å². The number of fused-ring (bicyclic) bond motifs is 1. The van der Waals surface area contributed by atoms with Gasteiger partial charge >= 0.3 is 0 Å². The van der Waals surface area contributed by atoms with Gasteiger partial charge in [0.2, 0.25) is 0 Å². The van der Waals surface area contributed by atoms with Gasteiger partial charge < -0.3 is 5.32 Å². The van der Waals surface area contributed by atoms with Gasteiger partial charge in [-0.2, -0.15) is 0 Å². The van der Waals surface area contributed by atoms with Crippen LogP contribution in [0.25, 0.3) is 21.3 Å². The Morgan fingerprint density at radius 2 is 2.22 bits per heavy atom. The second-order valence-corrected chi connectivity index (χ2v) is 8.90. The molecule has 0 radical (unpaired) electrons. The van der Waals surface area contributed by atoms with Gasteiger partial charge in [0.15, 0.2) is 0 Å². The Morgan fingerprint density at radius 3 is 2.94 bits per heavy atom. The van der Waals surface area contributed by atoms with Crippen molar-refractivity contribution in [3.05, 3.63) is 53.4 Å². The standard InChI is InChI=1S/C23H25N7OS/c1-3-29-13-19(27-28-29)16-6-7-18(26-11-16)23(31)30(17-5-4-9-24-12-17)22-21-15(2)14-32-20(21)8-10-25-22/h6-8,10-11,13-14,17,24H,3-5,9,12H2,1-2H3/t17-/m1/s1. The Morgan fingerprint density at radius 1 is 1.31 bits per heavy atom. The number of thiophene rings is 1. The summed E-state index contributed by atoms with van der Waals surface area (Å²) in [6.45, 7) is 6.55. The van der Waals surface area contributed by atoms with Crippen molar-refractivity contribution in [3.63, 3.8) is 0 Å². The topological polar surface area (TPSA) is 88.8 Å². The molecule has 1 amide bonds. The van der Waals surface area contributed by atoms with E-state index in [2.05, 4.69) is 37.9 Å². The number of aryl methyl sites for hydroxylation is 2. The molecule has 1 aliphatic rings. The van der Waals surface area contributed by atoms with Gasteiger partial charge in [-0.1, -0.05) is 5.21 Å². The van der Waals surface area contributed by atoms with Crippen molar-refractivity contribution < 1.29 is 4.79 Å². The Bertz CT molecular complexity index is 1240. The van der Waals surface area contributed by atoms with Gasteiger partial charge in [-0.05, 0) is 62.4 Å². The SMILES string of the molecule is CCn1cc(-c2ccc(C(=O)N(c3nccc4scc(C)c34)[C@@H]3CCCNC3)nc2)nn1. The number of anilines is 1. The fraction of sp³-hybridized carbons (Fsp3) is 0.348. The average Bonchev–Trinajstić information content (AvgIpc) is 3.47. The van der Waals surface area contributed by atoms with Crippen molar-refractivity contribution in [2.45, 2.75) is 39.3 Å². The van der Waals surface area contributed by atoms with Crippen LogP contribution in [-0.2, 0) is 6.54 Å². The smallest absolute Gasteiger partial charge is 0.278 e. The molecular weight excluding hydrogens is 422 g/mol. The molecule has 5 rings (SSSR count). The van der Waals surface area contributed by atoms with E-state index in [1.807, 2.05) is 30.2 Å². The van der Waals surface area contributed by atoms with E-state index in [9.17, 15) is 4.79 Å². The zero-order valence-corrected chi connectivity index (χ0v) is 19.0. The summed E-state index contributed by atoms with van der Waals surface area (Å²) in [5.41, 5.74) is 3.11. The molecule has 4 aromatic rings. The molecule has 1 saturated heterocycles. The molecule has 0 bridgehead atoms. The van der Waals surface area contributed by atoms with Crippen LogP contribution in [0.2, 0.25) is 0 Å². The van der Waals surface area contributed by atoms with Gasteiger partial charge in [0.05, 0.1) is 12.2 Å². The highest BCUT2D eigenvalue weighted by atomic mass is 32.1. The number of aromatic nitrogens is 5. The second kappa shape index (κ2) is 8.76. The van der Waals surface area contributed by atoms with E-state index < -0.39 is 0 Å². The summed E-state index contributed by atoms with van der Waals surface area (Å²) >= 11 is 1.68. The summed E-state index contributed by atoms with van der Waals surface area (Å²) in [7, 11) is 0. The molecule has 164 valence electrons. The lowest BCUT2D eigenvalue weighted by molar-refractivity contribution is 0.0967. The fourth-order valence-electron chi connectivity index (χ4n) is 4.17. The number of nitrogens with zero attached hydrogens (tertiary/aromatic N) is 6. The zero-order valence-electron chi connectivity index (χ0n) is 18.2. The van der Waals surface area contributed by atoms with Gasteiger partial charge in [0, 0.05) is 41.1 Å². The monoisotopic (exact) mass is 447 g/mol. The highest BCUT2D eigenvalue weighted by Crippen LogP contribution is 2.34. The van der Waals surface area contributed by atoms with Crippen molar-refractivity contribution in [2.75, 3.05) is 18.0 Å². The Labute approximate surface area is 190 Å². The average molecular weight is 448 g/mol. The molecule has 32 heavy (non-hydrogen) atoms. The summed E-state index contributed by atoms with van der Waals surface area (Å²) in [5, 5.41) is 14.9. The third-order valence-electron chi connectivity index (χ3n) is 5.87. The van der Waals surface area contributed by atoms with E-state index >= 15 is 0 Å². The molecule has 0 spiro atoms. The third kappa shape index (κ3) is 3.78. The zero-order chi connectivity index (χ0) is 22.1. The minimum absolute atomic E-state index is 0.0274. The van der Waals surface area contributed by atoms with Crippen LogP contribution < -0.4 is 10.2 Å². The largest absolute Gasteiger partial charge is 0.315 e. The van der Waals surface area contributed by atoms with Crippen LogP contribution in [0, 0.1) is 6.92 Å². The number of piperidine rings is 1. The van der Waals surface area contributed by atoms with Gasteiger partial charge in [0.25, 0.3) is 5.91 Å². The van der Waals surface area contributed by atoms with Crippen LogP contribution in [0.5, 0.6) is 0 Å². The molecule has 0 aromatic carbocycles. The van der Waals surface area contributed by atoms with Crippen molar-refractivity contribution in [3.8, 4) is 11.3 Å². The lowest BCUT2D eigenvalue weighted by Gasteiger charge is -2.34. The van der Waals surface area contributed by atoms with Crippen molar-refractivity contribution >= 4 is 33.1 Å². The van der Waals surface area contributed by atoms with Crippen LogP contribution in [-0.4, -0.2) is 50.0 Å². The maximum absolute atomic E-state index is 13.8. The molecular formula is C23H25N7OS. The normalized spacial score (nSPS) is 16.4. The molecule has 1 fully saturated rings. The molecule has 8 nitrogen and oxygen atoms in total. The summed E-state index contributed by atoms with van der Waals surface area (Å²) in [6, 6.07) is 5.69. The highest BCUT2D eigenvalue weighted by Gasteiger charge is 2.31. The Hall–Kier alpha value is -3.17. The molecule has 0 saturated carbocycles. The number of carbonyl (C=O) groups excluding carboxylic acids is 1. The quantitative estimate of drug-likeness (QED) is 0.502. The van der Waals surface area contributed by atoms with Crippen LogP contribution in [0.15, 0.2) is 42.2 Å². The predicted octanol–water partition coefficient (Wildman–Crippen LogP) is 3.68. The minimum atomic E-state index is -0.131. The lowest BCUT2D eigenvalue weighted by atomic mass is 10.0. The summed E-state index contributed by atoms with van der Waals surface area (Å²) in [4.78, 5) is 24.8. The number of amides is 1. The van der Waals surface area contributed by atoms with Crippen LogP contribution in [0.1, 0.15) is 35.8 Å². The van der Waals surface area contributed by atoms with Crippen LogP contribution >= 0.6 is 11.3 Å². The molecule has 5 heterocycles. The van der Waals surface area contributed by atoms with Crippen LogP contribution in [0.3, 0.4) is 0 Å². The number of nitrogens with one attached hydrogen (secondary N) is 1. The van der Waals surface area contributed by atoms with E-state index in [4.69, 9.17) is 0 Å². The Balaban J connectivity index is 1.52. The maximum Gasteiger partial charge on any atom is 0.278 e. The van der Waals surface area contributed by atoms with Crippen LogP contribution in [0.4, 0.5) is 5.82 Å². The third-order valence-corrected chi connectivity index (χ3v) is 6.94. The predicted molar refractivity (Wildman–Crippen MR) is 126 cm³/mol. The van der Waals surface area contributed by atoms with Gasteiger partial charge in [-0.15, -0.1) is 16.4 Å². The molecule has 1 atom stereocenters. The Kier molecular flexibility index (Phi) is 5.67. The van der Waals surface area contributed by atoms with Gasteiger partial charge in [-0.3, -0.25) is 19.4 Å². The molecule has 0 unspecified atom stereocenters. The van der Waals surface area contributed by atoms with Crippen molar-refractivity contribution in [2.24, 2.45) is 0 Å². The van der Waals surface area contributed by atoms with E-state index in [0.29, 0.717) is 5.69 Å². The summed E-state index contributed by atoms with van der Waals surface area (Å²) < 4.78 is 2.90. The highest BCUT2D eigenvalue weighted by molar-refractivity contribution is 7.17. The van der Waals surface area contributed by atoms with E-state index in [1.54, 1.807) is 34.5 Å². The molecule has 4 aromatic heterocycles. The second-order valence-electron chi connectivity index (χ2n) is 7.99. The molecule has 1 N–H and O–H groups in total. The number of hydrogen-bond donors (Lipinski definition) is 1. The van der Waals surface area contributed by atoms with E-state index in [1.165, 1.54) is 0 Å². The number of rotatable bonds is 5. The molecule has 1 aliphatic heterocycles. The van der Waals surface area contributed by atoms with Crippen molar-refractivity contribution in [1.29, 1.82) is 0 Å². The summed E-state index contributed by atoms with van der Waals surface area (Å²) in [6.07, 6.45) is 7.31. The van der Waals surface area contributed by atoms with Gasteiger partial charge in [-0.25, -0.2) is 4.98 Å². The van der Waals surface area contributed by atoms with Gasteiger partial charge in [0.1, 0.15) is 17.2 Å². The first kappa shape index (κ1) is 20.7. The number of carbonyl (C=O) groups is 1. The molecule has 0 aliphatic carbocycles. The summed E-state index contributed by atoms with van der Waals surface area (Å²) in [5.74, 6) is 0.588. The number of pyridine rings is 2. The lowest BCUT2D eigenvalue weighted by Crippen LogP contribution is -2.49. The fourth-order valence-corrected chi connectivity index (χ4v) is 5.10.